The normalized spacial score (nSPS) is 9.27. The Hall–Kier alpha value is 0.0800. The fraction of sp³-hybridized carbons (Fsp3) is 0. The van der Waals surface area contributed by atoms with Crippen molar-refractivity contribution in [1.29, 1.82) is 0 Å². The quantitative estimate of drug-likeness (QED) is 0.636. The molecule has 2 rings (SSSR count). The standard InChI is InChI=1S/C14H10O4S2.2Na/c15-13(16)9-5-1-3-7-11(9)19-20-12-8-4-2-6-10(12)14(17)18;;/h1-8H,(H,15,16)(H,17,18);;. The maximum absolute atomic E-state index is 11.1. The van der Waals surface area contributed by atoms with Crippen LogP contribution in [0.1, 0.15) is 20.7 Å². The van der Waals surface area contributed by atoms with Gasteiger partial charge in [0, 0.05) is 68.9 Å². The van der Waals surface area contributed by atoms with E-state index in [4.69, 9.17) is 10.2 Å². The molecule has 2 aromatic carbocycles. The first-order valence-electron chi connectivity index (χ1n) is 5.59. The Bertz CT molecular complexity index is 607. The molecule has 8 heteroatoms. The molecule has 2 radical (unpaired) electrons. The zero-order chi connectivity index (χ0) is 14.5. The van der Waals surface area contributed by atoms with Gasteiger partial charge in [-0.3, -0.25) is 0 Å². The first-order valence-corrected chi connectivity index (χ1v) is 7.73. The van der Waals surface area contributed by atoms with Gasteiger partial charge in [-0.25, -0.2) is 9.59 Å². The predicted molar refractivity (Wildman–Crippen MR) is 90.0 cm³/mol. The summed E-state index contributed by atoms with van der Waals surface area (Å²) in [4.78, 5) is 23.4. The number of carboxylic acid groups (broad SMARTS) is 2. The molecule has 0 bridgehead atoms. The van der Waals surface area contributed by atoms with E-state index in [1.807, 2.05) is 0 Å². The molecule has 104 valence electrons. The smallest absolute Gasteiger partial charge is 0.336 e. The second kappa shape index (κ2) is 10.8. The number of carbonyl (C=O) groups is 2. The number of aromatic carboxylic acids is 2. The van der Waals surface area contributed by atoms with Gasteiger partial charge in [-0.2, -0.15) is 0 Å². The zero-order valence-corrected chi connectivity index (χ0v) is 17.8. The van der Waals surface area contributed by atoms with Crippen LogP contribution < -0.4 is 0 Å². The molecule has 0 saturated carbocycles. The van der Waals surface area contributed by atoms with Gasteiger partial charge in [0.2, 0.25) is 0 Å². The van der Waals surface area contributed by atoms with Crippen LogP contribution in [0.15, 0.2) is 58.3 Å². The van der Waals surface area contributed by atoms with Gasteiger partial charge in [-0.15, -0.1) is 0 Å². The Balaban J connectivity index is 0.00000220. The van der Waals surface area contributed by atoms with Crippen LogP contribution in [0, 0.1) is 0 Å². The van der Waals surface area contributed by atoms with E-state index in [-0.39, 0.29) is 70.2 Å². The molecule has 2 N–H and O–H groups in total. The summed E-state index contributed by atoms with van der Waals surface area (Å²) in [5.41, 5.74) is 0.413. The van der Waals surface area contributed by atoms with E-state index < -0.39 is 11.9 Å². The van der Waals surface area contributed by atoms with Crippen LogP contribution in [0.2, 0.25) is 0 Å². The summed E-state index contributed by atoms with van der Waals surface area (Å²) in [7, 11) is 2.47. The van der Waals surface area contributed by atoms with E-state index in [9.17, 15) is 9.59 Å². The van der Waals surface area contributed by atoms with Crippen LogP contribution in [0.3, 0.4) is 0 Å². The van der Waals surface area contributed by atoms with Gasteiger partial charge < -0.3 is 10.2 Å². The average Bonchev–Trinajstić information content (AvgIpc) is 2.45. The molecule has 0 aliphatic heterocycles. The molecule has 0 saturated heterocycles. The first-order chi connectivity index (χ1) is 9.59. The number of benzene rings is 2. The predicted octanol–water partition coefficient (Wildman–Crippen LogP) is 3.12. The Labute approximate surface area is 180 Å². The van der Waals surface area contributed by atoms with Crippen molar-refractivity contribution >= 4 is 92.6 Å². The van der Waals surface area contributed by atoms with Gasteiger partial charge >= 0.3 is 11.9 Å². The van der Waals surface area contributed by atoms with E-state index in [0.29, 0.717) is 9.79 Å². The molecule has 0 atom stereocenters. The van der Waals surface area contributed by atoms with Gasteiger partial charge in [0.05, 0.1) is 11.1 Å². The fourth-order valence-electron chi connectivity index (χ4n) is 1.52. The molecule has 0 unspecified atom stereocenters. The van der Waals surface area contributed by atoms with Crippen molar-refractivity contribution in [3.05, 3.63) is 59.7 Å². The molecule has 0 amide bonds. The molecule has 2 aromatic rings. The number of rotatable bonds is 5. The fourth-order valence-corrected chi connectivity index (χ4v) is 3.87. The second-order valence-electron chi connectivity index (χ2n) is 3.77. The van der Waals surface area contributed by atoms with Gasteiger partial charge in [-0.05, 0) is 24.3 Å². The van der Waals surface area contributed by atoms with Gasteiger partial charge in [0.25, 0.3) is 0 Å². The van der Waals surface area contributed by atoms with E-state index in [1.165, 1.54) is 33.7 Å². The second-order valence-corrected chi connectivity index (χ2v) is 5.98. The Morgan fingerprint density at radius 2 is 1.00 bits per heavy atom. The molecular weight excluding hydrogens is 342 g/mol. The topological polar surface area (TPSA) is 74.6 Å². The molecule has 0 aliphatic rings. The maximum atomic E-state index is 11.1. The third kappa shape index (κ3) is 5.94. The minimum Gasteiger partial charge on any atom is -0.478 e. The van der Waals surface area contributed by atoms with Crippen LogP contribution in [0.25, 0.3) is 0 Å². The molecule has 0 fully saturated rings. The Morgan fingerprint density at radius 3 is 1.32 bits per heavy atom. The summed E-state index contributed by atoms with van der Waals surface area (Å²) >= 11 is 0. The van der Waals surface area contributed by atoms with Crippen molar-refractivity contribution in [2.24, 2.45) is 0 Å². The molecule has 0 heterocycles. The van der Waals surface area contributed by atoms with Crippen LogP contribution in [0.5, 0.6) is 0 Å². The van der Waals surface area contributed by atoms with E-state index >= 15 is 0 Å². The van der Waals surface area contributed by atoms with Crippen molar-refractivity contribution in [3.8, 4) is 0 Å². The van der Waals surface area contributed by atoms with E-state index in [1.54, 1.807) is 36.4 Å². The van der Waals surface area contributed by atoms with Crippen LogP contribution in [0.4, 0.5) is 0 Å². The summed E-state index contributed by atoms with van der Waals surface area (Å²) in [6.07, 6.45) is 0. The number of hydrogen-bond acceptors (Lipinski definition) is 4. The summed E-state index contributed by atoms with van der Waals surface area (Å²) in [6, 6.07) is 13.3. The first kappa shape index (κ1) is 22.1. The Morgan fingerprint density at radius 1 is 0.682 bits per heavy atom. The van der Waals surface area contributed by atoms with Crippen molar-refractivity contribution in [3.63, 3.8) is 0 Å². The van der Waals surface area contributed by atoms with Gasteiger partial charge in [-0.1, -0.05) is 45.9 Å². The van der Waals surface area contributed by atoms with Crippen LogP contribution in [-0.4, -0.2) is 81.3 Å². The minimum atomic E-state index is -1.000. The maximum Gasteiger partial charge on any atom is 0.336 e. The Kier molecular flexibility index (Phi) is 10.8. The number of hydrogen-bond donors (Lipinski definition) is 2. The van der Waals surface area contributed by atoms with Crippen molar-refractivity contribution in [2.45, 2.75) is 9.79 Å². The molecular formula is C14H10Na2O4S2. The summed E-state index contributed by atoms with van der Waals surface area (Å²) in [5.74, 6) is -2.00. The molecule has 0 aliphatic carbocycles. The number of carboxylic acids is 2. The van der Waals surface area contributed by atoms with Crippen LogP contribution >= 0.6 is 21.6 Å². The minimum absolute atomic E-state index is 0. The zero-order valence-electron chi connectivity index (χ0n) is 12.1. The largest absolute Gasteiger partial charge is 0.478 e. The summed E-state index contributed by atoms with van der Waals surface area (Å²) < 4.78 is 0. The summed E-state index contributed by atoms with van der Waals surface area (Å²) in [6.45, 7) is 0. The van der Waals surface area contributed by atoms with Gasteiger partial charge in [0.15, 0.2) is 0 Å². The van der Waals surface area contributed by atoms with Crippen LogP contribution in [-0.2, 0) is 0 Å². The van der Waals surface area contributed by atoms with E-state index in [2.05, 4.69) is 0 Å². The van der Waals surface area contributed by atoms with Crippen molar-refractivity contribution in [1.82, 2.24) is 0 Å². The monoisotopic (exact) mass is 352 g/mol. The van der Waals surface area contributed by atoms with Crippen molar-refractivity contribution in [2.75, 3.05) is 0 Å². The van der Waals surface area contributed by atoms with Gasteiger partial charge in [0.1, 0.15) is 0 Å². The molecule has 22 heavy (non-hydrogen) atoms. The van der Waals surface area contributed by atoms with Crippen molar-refractivity contribution < 1.29 is 19.8 Å². The van der Waals surface area contributed by atoms with E-state index in [0.717, 1.165) is 0 Å². The third-order valence-electron chi connectivity index (χ3n) is 2.46. The molecule has 0 spiro atoms. The average molecular weight is 352 g/mol. The molecule has 4 nitrogen and oxygen atoms in total. The SMILES string of the molecule is O=C(O)c1ccccc1SSc1ccccc1C(=O)O.[Na].[Na]. The third-order valence-corrected chi connectivity index (χ3v) is 4.94. The summed E-state index contributed by atoms with van der Waals surface area (Å²) in [5, 5.41) is 18.2. The molecule has 0 aromatic heterocycles.